The van der Waals surface area contributed by atoms with Crippen LogP contribution in [0.2, 0.25) is 5.02 Å². The SMILES string of the molecule is COc1ncccc1-c1cn(-c2cc(Cl)cc(OCc3ncsc3C)c2)c(=O)n(-c2cccnc2)c1=O. The number of nitrogens with zero attached hydrogens (tertiary/aromatic N) is 5. The Hall–Kier alpha value is -4.28. The normalized spacial score (nSPS) is 10.9. The molecule has 0 unspecified atom stereocenters. The van der Waals surface area contributed by atoms with Crippen LogP contribution in [0, 0.1) is 6.92 Å². The van der Waals surface area contributed by atoms with E-state index in [0.29, 0.717) is 27.7 Å². The first kappa shape index (κ1) is 24.4. The van der Waals surface area contributed by atoms with Gasteiger partial charge in [0.2, 0.25) is 5.88 Å². The van der Waals surface area contributed by atoms with E-state index in [2.05, 4.69) is 15.0 Å². The summed E-state index contributed by atoms with van der Waals surface area (Å²) >= 11 is 7.95. The number of benzene rings is 1. The molecule has 0 bridgehead atoms. The molecule has 0 N–H and O–H groups in total. The van der Waals surface area contributed by atoms with Gasteiger partial charge in [-0.25, -0.2) is 19.3 Å². The van der Waals surface area contributed by atoms with Crippen LogP contribution in [0.3, 0.4) is 0 Å². The van der Waals surface area contributed by atoms with Crippen molar-refractivity contribution in [2.75, 3.05) is 7.11 Å². The fraction of sp³-hybridized carbons (Fsp3) is 0.115. The molecule has 9 nitrogen and oxygen atoms in total. The average molecular weight is 534 g/mol. The third-order valence-electron chi connectivity index (χ3n) is 5.60. The Bertz CT molecular complexity index is 1700. The second-order valence-electron chi connectivity index (χ2n) is 7.90. The summed E-state index contributed by atoms with van der Waals surface area (Å²) in [6.07, 6.45) is 6.02. The van der Waals surface area contributed by atoms with E-state index in [4.69, 9.17) is 21.1 Å². The van der Waals surface area contributed by atoms with Crippen molar-refractivity contribution in [3.63, 3.8) is 0 Å². The molecule has 5 aromatic rings. The van der Waals surface area contributed by atoms with Crippen molar-refractivity contribution in [1.29, 1.82) is 0 Å². The fourth-order valence-electron chi connectivity index (χ4n) is 3.79. The molecule has 0 atom stereocenters. The Morgan fingerprint density at radius 2 is 1.86 bits per heavy atom. The van der Waals surface area contributed by atoms with Crippen LogP contribution in [0.25, 0.3) is 22.5 Å². The number of hydrogen-bond donors (Lipinski definition) is 0. The van der Waals surface area contributed by atoms with Gasteiger partial charge in [0.1, 0.15) is 12.4 Å². The van der Waals surface area contributed by atoms with E-state index in [0.717, 1.165) is 15.1 Å². The van der Waals surface area contributed by atoms with Crippen molar-refractivity contribution in [1.82, 2.24) is 24.1 Å². The lowest BCUT2D eigenvalue weighted by atomic mass is 10.1. The third kappa shape index (κ3) is 4.89. The predicted molar refractivity (Wildman–Crippen MR) is 141 cm³/mol. The molecule has 5 rings (SSSR count). The molecule has 0 aliphatic heterocycles. The molecule has 4 aromatic heterocycles. The second-order valence-corrected chi connectivity index (χ2v) is 9.39. The zero-order chi connectivity index (χ0) is 25.9. The van der Waals surface area contributed by atoms with E-state index in [1.807, 2.05) is 6.92 Å². The summed E-state index contributed by atoms with van der Waals surface area (Å²) in [5.41, 5.74) is 2.78. The van der Waals surface area contributed by atoms with E-state index in [1.165, 1.54) is 35.4 Å². The summed E-state index contributed by atoms with van der Waals surface area (Å²) in [7, 11) is 1.46. The number of methoxy groups -OCH3 is 1. The molecule has 0 spiro atoms. The lowest BCUT2D eigenvalue weighted by Gasteiger charge is -2.15. The minimum atomic E-state index is -0.604. The molecule has 0 aliphatic carbocycles. The Labute approximate surface area is 220 Å². The predicted octanol–water partition coefficient (Wildman–Crippen LogP) is 4.45. The molecule has 0 aliphatic rings. The number of aryl methyl sites for hydroxylation is 1. The molecule has 0 fully saturated rings. The highest BCUT2D eigenvalue weighted by Gasteiger charge is 2.19. The van der Waals surface area contributed by atoms with Crippen molar-refractivity contribution in [3.8, 4) is 34.1 Å². The molecule has 0 radical (unpaired) electrons. The van der Waals surface area contributed by atoms with Gasteiger partial charge < -0.3 is 9.47 Å². The van der Waals surface area contributed by atoms with Gasteiger partial charge in [0.15, 0.2) is 0 Å². The topological polar surface area (TPSA) is 101 Å². The monoisotopic (exact) mass is 533 g/mol. The summed E-state index contributed by atoms with van der Waals surface area (Å²) in [6.45, 7) is 2.21. The lowest BCUT2D eigenvalue weighted by molar-refractivity contribution is 0.301. The van der Waals surface area contributed by atoms with E-state index in [-0.39, 0.29) is 18.1 Å². The average Bonchev–Trinajstić information content (AvgIpc) is 3.32. The van der Waals surface area contributed by atoms with Gasteiger partial charge in [0.25, 0.3) is 5.56 Å². The highest BCUT2D eigenvalue weighted by Crippen LogP contribution is 2.28. The Balaban J connectivity index is 1.70. The maximum absolute atomic E-state index is 13.7. The number of rotatable bonds is 7. The van der Waals surface area contributed by atoms with Gasteiger partial charge in [0.05, 0.1) is 47.0 Å². The van der Waals surface area contributed by atoms with Gasteiger partial charge in [0, 0.05) is 34.6 Å². The zero-order valence-corrected chi connectivity index (χ0v) is 21.4. The zero-order valence-electron chi connectivity index (χ0n) is 19.8. The standard InChI is InChI=1S/C26H20ClN5O4S/c1-16-23(30-15-37-16)14-36-20-10-17(27)9-19(11-20)31-13-22(21-6-4-8-29-24(21)35-2)25(33)32(26(31)34)18-5-3-7-28-12-18/h3-13,15H,14H2,1-2H3. The molecular weight excluding hydrogens is 514 g/mol. The molecule has 0 saturated heterocycles. The highest BCUT2D eigenvalue weighted by molar-refractivity contribution is 7.09. The maximum atomic E-state index is 13.7. The number of aromatic nitrogens is 5. The molecule has 4 heterocycles. The van der Waals surface area contributed by atoms with Crippen molar-refractivity contribution in [3.05, 3.63) is 109 Å². The largest absolute Gasteiger partial charge is 0.487 e. The lowest BCUT2D eigenvalue weighted by Crippen LogP contribution is -2.38. The number of halogens is 1. The summed E-state index contributed by atoms with van der Waals surface area (Å²) < 4.78 is 13.7. The molecule has 186 valence electrons. The van der Waals surface area contributed by atoms with Crippen LogP contribution in [0.15, 0.2) is 82.4 Å². The molecular formula is C26H20ClN5O4S. The van der Waals surface area contributed by atoms with Gasteiger partial charge in [-0.15, -0.1) is 11.3 Å². The van der Waals surface area contributed by atoms with Gasteiger partial charge in [-0.2, -0.15) is 0 Å². The van der Waals surface area contributed by atoms with Gasteiger partial charge in [-0.3, -0.25) is 14.3 Å². The quantitative estimate of drug-likeness (QED) is 0.304. The van der Waals surface area contributed by atoms with Crippen LogP contribution in [0.1, 0.15) is 10.6 Å². The van der Waals surface area contributed by atoms with E-state index >= 15 is 0 Å². The Morgan fingerprint density at radius 3 is 2.59 bits per heavy atom. The smallest absolute Gasteiger partial charge is 0.340 e. The first-order valence-electron chi connectivity index (χ1n) is 11.1. The van der Waals surface area contributed by atoms with Crippen molar-refractivity contribution in [2.24, 2.45) is 0 Å². The van der Waals surface area contributed by atoms with Crippen LogP contribution >= 0.6 is 22.9 Å². The third-order valence-corrected chi connectivity index (χ3v) is 6.62. The summed E-state index contributed by atoms with van der Waals surface area (Å²) in [5.74, 6) is 0.692. The Kier molecular flexibility index (Phi) is 6.85. The van der Waals surface area contributed by atoms with E-state index in [9.17, 15) is 9.59 Å². The van der Waals surface area contributed by atoms with Crippen LogP contribution in [0.5, 0.6) is 11.6 Å². The number of thiazole rings is 1. The molecule has 0 saturated carbocycles. The minimum absolute atomic E-state index is 0.203. The first-order chi connectivity index (χ1) is 18.0. The van der Waals surface area contributed by atoms with Crippen LogP contribution in [-0.2, 0) is 6.61 Å². The fourth-order valence-corrected chi connectivity index (χ4v) is 4.59. The number of pyridine rings is 2. The van der Waals surface area contributed by atoms with E-state index in [1.54, 1.807) is 60.4 Å². The summed E-state index contributed by atoms with van der Waals surface area (Å²) in [4.78, 5) is 41.0. The minimum Gasteiger partial charge on any atom is -0.487 e. The number of ether oxygens (including phenoxy) is 2. The Morgan fingerprint density at radius 1 is 1.03 bits per heavy atom. The van der Waals surface area contributed by atoms with Gasteiger partial charge in [-0.05, 0) is 43.3 Å². The molecule has 37 heavy (non-hydrogen) atoms. The van der Waals surface area contributed by atoms with Crippen molar-refractivity contribution < 1.29 is 9.47 Å². The molecule has 1 aromatic carbocycles. The van der Waals surface area contributed by atoms with Gasteiger partial charge in [-0.1, -0.05) is 11.6 Å². The van der Waals surface area contributed by atoms with Crippen molar-refractivity contribution >= 4 is 22.9 Å². The first-order valence-corrected chi connectivity index (χ1v) is 12.3. The molecule has 0 amide bonds. The van der Waals surface area contributed by atoms with Crippen LogP contribution in [0.4, 0.5) is 0 Å². The van der Waals surface area contributed by atoms with Crippen LogP contribution < -0.4 is 20.7 Å². The van der Waals surface area contributed by atoms with E-state index < -0.39 is 11.2 Å². The highest BCUT2D eigenvalue weighted by atomic mass is 35.5. The summed E-state index contributed by atoms with van der Waals surface area (Å²) in [6, 6.07) is 11.6. The second kappa shape index (κ2) is 10.4. The van der Waals surface area contributed by atoms with Crippen molar-refractivity contribution in [2.45, 2.75) is 13.5 Å². The summed E-state index contributed by atoms with van der Waals surface area (Å²) in [5, 5.41) is 0.356. The number of hydrogen-bond acceptors (Lipinski definition) is 8. The maximum Gasteiger partial charge on any atom is 0.340 e. The van der Waals surface area contributed by atoms with Crippen LogP contribution in [-0.4, -0.2) is 31.2 Å². The molecule has 11 heteroatoms. The van der Waals surface area contributed by atoms with Gasteiger partial charge >= 0.3 is 5.69 Å².